The molecule has 0 aliphatic rings. The highest BCUT2D eigenvalue weighted by molar-refractivity contribution is 5.73. The maximum atomic E-state index is 11.3. The number of nitrogens with one attached hydrogen (secondary N) is 1. The van der Waals surface area contributed by atoms with E-state index in [1.54, 1.807) is 12.4 Å². The number of nitrogens with two attached hydrogens (primary N) is 1. The van der Waals surface area contributed by atoms with Gasteiger partial charge in [0, 0.05) is 25.0 Å². The molecule has 66 valence electrons. The first kappa shape index (κ1) is 7.94. The van der Waals surface area contributed by atoms with Crippen LogP contribution < -0.4 is 11.2 Å². The van der Waals surface area contributed by atoms with Crippen LogP contribution in [0.3, 0.4) is 0 Å². The summed E-state index contributed by atoms with van der Waals surface area (Å²) in [6, 6.07) is 3.29. The van der Waals surface area contributed by atoms with Crippen LogP contribution in [0.2, 0.25) is 0 Å². The third kappa shape index (κ3) is 1.31. The monoisotopic (exact) mass is 175 g/mol. The van der Waals surface area contributed by atoms with Gasteiger partial charge in [0.2, 0.25) is 5.43 Å². The molecule has 0 spiro atoms. The summed E-state index contributed by atoms with van der Waals surface area (Å²) >= 11 is 0. The first-order valence-electron chi connectivity index (χ1n) is 3.97. The quantitative estimate of drug-likeness (QED) is 0.658. The average Bonchev–Trinajstić information content (AvgIpc) is 2.18. The summed E-state index contributed by atoms with van der Waals surface area (Å²) in [4.78, 5) is 18.2. The van der Waals surface area contributed by atoms with Gasteiger partial charge in [-0.2, -0.15) is 0 Å². The summed E-state index contributed by atoms with van der Waals surface area (Å²) in [5.41, 5.74) is 7.48. The fourth-order valence-electron chi connectivity index (χ4n) is 1.21. The number of hydrogen-bond donors (Lipinski definition) is 2. The van der Waals surface area contributed by atoms with Gasteiger partial charge in [-0.05, 0) is 11.6 Å². The molecule has 4 nitrogen and oxygen atoms in total. The Morgan fingerprint density at radius 2 is 2.38 bits per heavy atom. The molecule has 13 heavy (non-hydrogen) atoms. The predicted molar refractivity (Wildman–Crippen MR) is 50.3 cm³/mol. The van der Waals surface area contributed by atoms with Crippen molar-refractivity contribution in [1.29, 1.82) is 0 Å². The van der Waals surface area contributed by atoms with Crippen LogP contribution >= 0.6 is 0 Å². The van der Waals surface area contributed by atoms with E-state index in [2.05, 4.69) is 9.97 Å². The maximum Gasteiger partial charge on any atom is 0.207 e. The van der Waals surface area contributed by atoms with Gasteiger partial charge in [-0.1, -0.05) is 0 Å². The van der Waals surface area contributed by atoms with Gasteiger partial charge in [-0.3, -0.25) is 9.78 Å². The van der Waals surface area contributed by atoms with E-state index < -0.39 is 0 Å². The molecule has 0 fully saturated rings. The smallest absolute Gasteiger partial charge is 0.207 e. The van der Waals surface area contributed by atoms with E-state index in [0.717, 1.165) is 11.1 Å². The van der Waals surface area contributed by atoms with Gasteiger partial charge in [-0.15, -0.1) is 0 Å². The second-order valence-electron chi connectivity index (χ2n) is 2.79. The van der Waals surface area contributed by atoms with Gasteiger partial charge < -0.3 is 10.7 Å². The zero-order valence-electron chi connectivity index (χ0n) is 6.95. The van der Waals surface area contributed by atoms with Crippen molar-refractivity contribution >= 4 is 11.0 Å². The second kappa shape index (κ2) is 2.99. The second-order valence-corrected chi connectivity index (χ2v) is 2.79. The Bertz CT molecular complexity index is 489. The van der Waals surface area contributed by atoms with Gasteiger partial charge in [0.25, 0.3) is 0 Å². The molecule has 0 radical (unpaired) electrons. The standard InChI is InChI=1S/C9H9N3O/c10-4-6-3-7-9(12-5-6)8(13)1-2-11-7/h1-3,5H,4,10H2,(H,11,13). The highest BCUT2D eigenvalue weighted by Crippen LogP contribution is 2.05. The number of fused-ring (bicyclic) bond motifs is 1. The minimum atomic E-state index is -0.0719. The minimum Gasteiger partial charge on any atom is -0.360 e. The number of hydrogen-bond acceptors (Lipinski definition) is 3. The Kier molecular flexibility index (Phi) is 1.83. The van der Waals surface area contributed by atoms with Gasteiger partial charge in [0.05, 0.1) is 5.52 Å². The number of pyridine rings is 2. The molecule has 0 unspecified atom stereocenters. The third-order valence-electron chi connectivity index (χ3n) is 1.89. The highest BCUT2D eigenvalue weighted by atomic mass is 16.1. The number of nitrogens with zero attached hydrogens (tertiary/aromatic N) is 1. The van der Waals surface area contributed by atoms with E-state index in [9.17, 15) is 4.79 Å². The van der Waals surface area contributed by atoms with Gasteiger partial charge >= 0.3 is 0 Å². The molecule has 0 amide bonds. The first-order valence-corrected chi connectivity index (χ1v) is 3.97. The van der Waals surface area contributed by atoms with E-state index in [1.165, 1.54) is 6.07 Å². The van der Waals surface area contributed by atoms with Crippen molar-refractivity contribution in [2.24, 2.45) is 5.73 Å². The molecule has 0 atom stereocenters. The summed E-state index contributed by atoms with van der Waals surface area (Å²) in [6.07, 6.45) is 3.23. The molecule has 2 aromatic heterocycles. The highest BCUT2D eigenvalue weighted by Gasteiger charge is 1.99. The molecule has 3 N–H and O–H groups in total. The molecule has 2 aromatic rings. The third-order valence-corrected chi connectivity index (χ3v) is 1.89. The van der Waals surface area contributed by atoms with E-state index in [-0.39, 0.29) is 5.43 Å². The summed E-state index contributed by atoms with van der Waals surface area (Å²) in [7, 11) is 0. The topological polar surface area (TPSA) is 71.8 Å². The SMILES string of the molecule is NCc1cnc2c(=O)cc[nH]c2c1. The van der Waals surface area contributed by atoms with Crippen LogP contribution in [-0.2, 0) is 6.54 Å². The Balaban J connectivity index is 2.80. The first-order chi connectivity index (χ1) is 6.31. The number of aromatic amines is 1. The van der Waals surface area contributed by atoms with Crippen LogP contribution in [0.25, 0.3) is 11.0 Å². The van der Waals surface area contributed by atoms with Gasteiger partial charge in [0.15, 0.2) is 0 Å². The van der Waals surface area contributed by atoms with Crippen molar-refractivity contribution in [3.63, 3.8) is 0 Å². The van der Waals surface area contributed by atoms with Crippen LogP contribution in [0.15, 0.2) is 29.3 Å². The average molecular weight is 175 g/mol. The molecular formula is C9H9N3O. The van der Waals surface area contributed by atoms with Crippen molar-refractivity contribution in [2.75, 3.05) is 0 Å². The van der Waals surface area contributed by atoms with Crippen molar-refractivity contribution in [1.82, 2.24) is 9.97 Å². The summed E-state index contributed by atoms with van der Waals surface area (Å²) in [5.74, 6) is 0. The van der Waals surface area contributed by atoms with Crippen molar-refractivity contribution in [3.8, 4) is 0 Å². The number of rotatable bonds is 1. The lowest BCUT2D eigenvalue weighted by atomic mass is 10.2. The molecule has 0 aromatic carbocycles. The number of aromatic nitrogens is 2. The van der Waals surface area contributed by atoms with Crippen LogP contribution in [0, 0.1) is 0 Å². The summed E-state index contributed by atoms with van der Waals surface area (Å²) < 4.78 is 0. The van der Waals surface area contributed by atoms with Crippen LogP contribution in [0.4, 0.5) is 0 Å². The summed E-state index contributed by atoms with van der Waals surface area (Å²) in [5, 5.41) is 0. The fourth-order valence-corrected chi connectivity index (χ4v) is 1.21. The molecular weight excluding hydrogens is 166 g/mol. The molecule has 0 aliphatic heterocycles. The van der Waals surface area contributed by atoms with Crippen molar-refractivity contribution < 1.29 is 0 Å². The fraction of sp³-hybridized carbons (Fsp3) is 0.111. The van der Waals surface area contributed by atoms with E-state index in [4.69, 9.17) is 5.73 Å². The minimum absolute atomic E-state index is 0.0719. The van der Waals surface area contributed by atoms with Gasteiger partial charge in [-0.25, -0.2) is 0 Å². The lowest BCUT2D eigenvalue weighted by Gasteiger charge is -1.98. The largest absolute Gasteiger partial charge is 0.360 e. The molecule has 0 saturated heterocycles. The lowest BCUT2D eigenvalue weighted by molar-refractivity contribution is 1.05. The zero-order chi connectivity index (χ0) is 9.26. The van der Waals surface area contributed by atoms with Crippen molar-refractivity contribution in [3.05, 3.63) is 40.3 Å². The Morgan fingerprint density at radius 3 is 3.15 bits per heavy atom. The molecule has 0 bridgehead atoms. The van der Waals surface area contributed by atoms with Crippen LogP contribution in [0.1, 0.15) is 5.56 Å². The van der Waals surface area contributed by atoms with Crippen LogP contribution in [0.5, 0.6) is 0 Å². The maximum absolute atomic E-state index is 11.3. The molecule has 0 aliphatic carbocycles. The predicted octanol–water partition coefficient (Wildman–Crippen LogP) is 0.382. The lowest BCUT2D eigenvalue weighted by Crippen LogP contribution is -2.04. The van der Waals surface area contributed by atoms with E-state index in [0.29, 0.717) is 12.1 Å². The summed E-state index contributed by atoms with van der Waals surface area (Å²) in [6.45, 7) is 0.430. The normalized spacial score (nSPS) is 10.5. The molecule has 4 heteroatoms. The van der Waals surface area contributed by atoms with E-state index in [1.807, 2.05) is 6.07 Å². The van der Waals surface area contributed by atoms with E-state index >= 15 is 0 Å². The Labute approximate surface area is 74.4 Å². The van der Waals surface area contributed by atoms with Crippen LogP contribution in [-0.4, -0.2) is 9.97 Å². The number of H-pyrrole nitrogens is 1. The van der Waals surface area contributed by atoms with Crippen molar-refractivity contribution in [2.45, 2.75) is 6.54 Å². The molecule has 2 heterocycles. The zero-order valence-corrected chi connectivity index (χ0v) is 6.95. The molecule has 0 saturated carbocycles. The van der Waals surface area contributed by atoms with Gasteiger partial charge in [0.1, 0.15) is 5.52 Å². The Morgan fingerprint density at radius 1 is 1.54 bits per heavy atom. The Hall–Kier alpha value is -1.68. The molecule has 2 rings (SSSR count).